The number of nitrogens with zero attached hydrogens (tertiary/aromatic N) is 3. The van der Waals surface area contributed by atoms with E-state index in [2.05, 4.69) is 9.97 Å². The first-order valence-corrected chi connectivity index (χ1v) is 13.7. The molecule has 0 bridgehead atoms. The van der Waals surface area contributed by atoms with Gasteiger partial charge >= 0.3 is 5.69 Å². The zero-order valence-corrected chi connectivity index (χ0v) is 21.6. The minimum absolute atomic E-state index is 0.0386. The van der Waals surface area contributed by atoms with Crippen molar-refractivity contribution in [3.63, 3.8) is 0 Å². The zero-order valence-electron chi connectivity index (χ0n) is 20.0. The largest absolute Gasteiger partial charge is 0.393 e. The molecule has 3 heterocycles. The van der Waals surface area contributed by atoms with Gasteiger partial charge in [-0.2, -0.15) is 0 Å². The molecule has 188 valence electrons. The summed E-state index contributed by atoms with van der Waals surface area (Å²) in [7, 11) is -3.93. The number of para-hydroxylation sites is 1. The average molecular weight is 527 g/mol. The lowest BCUT2D eigenvalue weighted by Gasteiger charge is -2.25. The Bertz CT molecular complexity index is 1620. The molecule has 0 saturated carbocycles. The number of sulfonamides is 1. The number of rotatable bonds is 5. The van der Waals surface area contributed by atoms with Gasteiger partial charge in [0.1, 0.15) is 0 Å². The number of aryl methyl sites for hydroxylation is 2. The molecule has 1 atom stereocenters. The van der Waals surface area contributed by atoms with Gasteiger partial charge in [-0.1, -0.05) is 29.8 Å². The Hall–Kier alpha value is -3.14. The molecule has 0 saturated heterocycles. The molecule has 10 heteroatoms. The molecule has 0 fully saturated rings. The summed E-state index contributed by atoms with van der Waals surface area (Å²) in [5, 5.41) is 10.1. The highest BCUT2D eigenvalue weighted by atomic mass is 35.5. The summed E-state index contributed by atoms with van der Waals surface area (Å²) in [5.41, 5.74) is 3.66. The van der Waals surface area contributed by atoms with Crippen LogP contribution in [-0.4, -0.2) is 40.7 Å². The fourth-order valence-corrected chi connectivity index (χ4v) is 6.55. The summed E-state index contributed by atoms with van der Waals surface area (Å²) in [6.45, 7) is 3.88. The van der Waals surface area contributed by atoms with E-state index >= 15 is 0 Å². The van der Waals surface area contributed by atoms with Crippen LogP contribution in [0.2, 0.25) is 5.02 Å². The third kappa shape index (κ3) is 4.31. The summed E-state index contributed by atoms with van der Waals surface area (Å²) in [4.78, 5) is 20.5. The Morgan fingerprint density at radius 1 is 1.14 bits per heavy atom. The third-order valence-corrected chi connectivity index (χ3v) is 8.59. The van der Waals surface area contributed by atoms with Gasteiger partial charge in [0.05, 0.1) is 32.9 Å². The quantitative estimate of drug-likeness (QED) is 0.406. The molecule has 8 nitrogen and oxygen atoms in total. The second kappa shape index (κ2) is 9.38. The van der Waals surface area contributed by atoms with E-state index in [1.54, 1.807) is 6.92 Å². The number of halogens is 1. The Morgan fingerprint density at radius 3 is 2.69 bits per heavy atom. The van der Waals surface area contributed by atoms with Crippen molar-refractivity contribution in [3.05, 3.63) is 80.9 Å². The van der Waals surface area contributed by atoms with E-state index in [1.165, 1.54) is 27.1 Å². The van der Waals surface area contributed by atoms with E-state index in [0.29, 0.717) is 35.5 Å². The molecule has 5 rings (SSSR count). The Kier molecular flexibility index (Phi) is 6.40. The summed E-state index contributed by atoms with van der Waals surface area (Å²) in [6, 6.07) is 13.7. The number of H-pyrrole nitrogens is 1. The van der Waals surface area contributed by atoms with Crippen LogP contribution in [-0.2, 0) is 22.9 Å². The molecule has 0 amide bonds. The fourth-order valence-electron chi connectivity index (χ4n) is 4.79. The van der Waals surface area contributed by atoms with Crippen LogP contribution in [0.5, 0.6) is 0 Å². The summed E-state index contributed by atoms with van der Waals surface area (Å²) in [6.07, 6.45) is 2.16. The summed E-state index contributed by atoms with van der Waals surface area (Å²) >= 11 is 6.52. The molecule has 0 aliphatic carbocycles. The topological polar surface area (TPSA) is 108 Å². The van der Waals surface area contributed by atoms with E-state index in [4.69, 9.17) is 11.6 Å². The number of pyridine rings is 1. The van der Waals surface area contributed by atoms with Gasteiger partial charge in [0.15, 0.2) is 5.65 Å². The van der Waals surface area contributed by atoms with Crippen LogP contribution in [0.15, 0.2) is 58.2 Å². The molecule has 1 aliphatic rings. The van der Waals surface area contributed by atoms with Crippen molar-refractivity contribution >= 4 is 38.5 Å². The predicted octanol–water partition coefficient (Wildman–Crippen LogP) is 4.13. The second-order valence-corrected chi connectivity index (χ2v) is 11.5. The van der Waals surface area contributed by atoms with Gasteiger partial charge in [-0.15, -0.1) is 0 Å². The van der Waals surface area contributed by atoms with Gasteiger partial charge in [0.25, 0.3) is 10.0 Å². The van der Waals surface area contributed by atoms with E-state index < -0.39 is 21.8 Å². The first kappa shape index (κ1) is 24.5. The lowest BCUT2D eigenvalue weighted by molar-refractivity contribution is 0.194. The van der Waals surface area contributed by atoms with E-state index in [9.17, 15) is 18.3 Å². The van der Waals surface area contributed by atoms with E-state index in [0.717, 1.165) is 30.4 Å². The maximum atomic E-state index is 13.9. The van der Waals surface area contributed by atoms with E-state index in [1.807, 2.05) is 37.3 Å². The molecule has 0 spiro atoms. The Balaban J connectivity index is 1.67. The number of aromatic amines is 1. The molecular formula is C26H27ClN4O4S. The monoisotopic (exact) mass is 526 g/mol. The number of aliphatic hydroxyl groups is 1. The lowest BCUT2D eigenvalue weighted by atomic mass is 10.1. The van der Waals surface area contributed by atoms with Gasteiger partial charge in [0.2, 0.25) is 0 Å². The second-order valence-electron chi connectivity index (χ2n) is 9.22. The molecule has 2 aromatic carbocycles. The molecule has 1 aliphatic heterocycles. The van der Waals surface area contributed by atoms with Gasteiger partial charge in [-0.3, -0.25) is 4.31 Å². The van der Waals surface area contributed by atoms with Gasteiger partial charge in [-0.05, 0) is 74.6 Å². The molecule has 36 heavy (non-hydrogen) atoms. The number of nitrogens with one attached hydrogen (secondary N) is 1. The summed E-state index contributed by atoms with van der Waals surface area (Å²) < 4.78 is 30.5. The van der Waals surface area contributed by atoms with E-state index in [-0.39, 0.29) is 15.6 Å². The fraction of sp³-hybridized carbons (Fsp3) is 0.308. The standard InChI is InChI=1S/C26H27ClN4O4S/c1-16-13-19(14-17(2)32)28-25-24(16)29-26(33)31(25)23-15-20(10-11-21(23)27)36(34,35)30-12-6-5-8-18-7-3-4-9-22(18)30/h3-4,7,9-11,13,15,17,32H,5-6,8,12,14H2,1-2H3,(H,29,33). The number of aromatic nitrogens is 3. The molecule has 2 aromatic heterocycles. The number of anilines is 1. The lowest BCUT2D eigenvalue weighted by Crippen LogP contribution is -2.32. The number of hydrogen-bond donors (Lipinski definition) is 2. The smallest absolute Gasteiger partial charge is 0.332 e. The van der Waals surface area contributed by atoms with Gasteiger partial charge in [0, 0.05) is 18.7 Å². The minimum Gasteiger partial charge on any atom is -0.393 e. The first-order valence-electron chi connectivity index (χ1n) is 11.9. The van der Waals surface area contributed by atoms with Crippen molar-refractivity contribution in [3.8, 4) is 5.69 Å². The van der Waals surface area contributed by atoms with Crippen LogP contribution in [0.3, 0.4) is 0 Å². The maximum Gasteiger partial charge on any atom is 0.332 e. The van der Waals surface area contributed by atoms with Crippen LogP contribution in [0.1, 0.15) is 36.6 Å². The number of aliphatic hydroxyl groups excluding tert-OH is 1. The molecule has 4 aromatic rings. The first-order chi connectivity index (χ1) is 17.2. The maximum absolute atomic E-state index is 13.9. The van der Waals surface area contributed by atoms with Crippen LogP contribution in [0, 0.1) is 6.92 Å². The SMILES string of the molecule is Cc1cc(CC(C)O)nc2c1[nH]c(=O)n2-c1cc(S(=O)(=O)N2CCCCc3ccccc32)ccc1Cl. The average Bonchev–Trinajstić information content (AvgIpc) is 3.00. The normalized spacial score (nSPS) is 15.1. The Labute approximate surface area is 214 Å². The molecule has 0 radical (unpaired) electrons. The highest BCUT2D eigenvalue weighted by Gasteiger charge is 2.29. The van der Waals surface area contributed by atoms with Crippen LogP contribution >= 0.6 is 11.6 Å². The number of benzene rings is 2. The highest BCUT2D eigenvalue weighted by Crippen LogP contribution is 2.33. The highest BCUT2D eigenvalue weighted by molar-refractivity contribution is 7.92. The van der Waals surface area contributed by atoms with Crippen LogP contribution in [0.25, 0.3) is 16.9 Å². The van der Waals surface area contributed by atoms with Gasteiger partial charge in [-0.25, -0.2) is 22.8 Å². The minimum atomic E-state index is -3.93. The van der Waals surface area contributed by atoms with Crippen molar-refractivity contribution < 1.29 is 13.5 Å². The summed E-state index contributed by atoms with van der Waals surface area (Å²) in [5.74, 6) is 0. The molecular weight excluding hydrogens is 500 g/mol. The molecule has 1 unspecified atom stereocenters. The van der Waals surface area contributed by atoms with Crippen molar-refractivity contribution in [2.45, 2.75) is 50.5 Å². The van der Waals surface area contributed by atoms with Crippen LogP contribution in [0.4, 0.5) is 5.69 Å². The number of hydrogen-bond acceptors (Lipinski definition) is 5. The third-order valence-electron chi connectivity index (χ3n) is 6.47. The van der Waals surface area contributed by atoms with Crippen molar-refractivity contribution in [2.24, 2.45) is 0 Å². The van der Waals surface area contributed by atoms with Crippen molar-refractivity contribution in [2.75, 3.05) is 10.8 Å². The van der Waals surface area contributed by atoms with Crippen molar-refractivity contribution in [1.82, 2.24) is 14.5 Å². The number of fused-ring (bicyclic) bond motifs is 2. The number of imidazole rings is 1. The predicted molar refractivity (Wildman–Crippen MR) is 141 cm³/mol. The zero-order chi connectivity index (χ0) is 25.6. The van der Waals surface area contributed by atoms with Crippen LogP contribution < -0.4 is 9.99 Å². The molecule has 2 N–H and O–H groups in total. The Morgan fingerprint density at radius 2 is 1.92 bits per heavy atom. The van der Waals surface area contributed by atoms with Crippen molar-refractivity contribution in [1.29, 1.82) is 0 Å². The van der Waals surface area contributed by atoms with Gasteiger partial charge < -0.3 is 10.1 Å².